The zero-order valence-corrected chi connectivity index (χ0v) is 18.8. The van der Waals surface area contributed by atoms with Gasteiger partial charge in [0.05, 0.1) is 12.5 Å². The minimum atomic E-state index is -4.21. The zero-order chi connectivity index (χ0) is 24.3. The summed E-state index contributed by atoms with van der Waals surface area (Å²) in [5.74, 6) is -0.298. The van der Waals surface area contributed by atoms with Gasteiger partial charge in [-0.25, -0.2) is 4.98 Å². The van der Waals surface area contributed by atoms with Gasteiger partial charge >= 0.3 is 6.18 Å². The van der Waals surface area contributed by atoms with Crippen molar-refractivity contribution in [1.29, 1.82) is 0 Å². The number of imidazole rings is 1. The molecule has 0 saturated heterocycles. The van der Waals surface area contributed by atoms with Gasteiger partial charge in [0.15, 0.2) is 0 Å². The highest BCUT2D eigenvalue weighted by Gasteiger charge is 2.26. The lowest BCUT2D eigenvalue weighted by molar-refractivity contribution is -0.135. The van der Waals surface area contributed by atoms with E-state index in [1.165, 1.54) is 12.5 Å². The first-order chi connectivity index (χ1) is 16.2. The van der Waals surface area contributed by atoms with Crippen LogP contribution in [0.2, 0.25) is 0 Å². The average Bonchev–Trinajstić information content (AvgIpc) is 3.45. The summed E-state index contributed by atoms with van der Waals surface area (Å²) in [7, 11) is 0. The van der Waals surface area contributed by atoms with Crippen molar-refractivity contribution < 1.29 is 18.0 Å². The van der Waals surface area contributed by atoms with E-state index in [4.69, 9.17) is 18.0 Å². The number of benzene rings is 2. The quantitative estimate of drug-likeness (QED) is 0.309. The summed E-state index contributed by atoms with van der Waals surface area (Å²) in [6.07, 6.45) is -0.411. The molecule has 0 bridgehead atoms. The van der Waals surface area contributed by atoms with E-state index in [9.17, 15) is 18.0 Å². The van der Waals surface area contributed by atoms with Gasteiger partial charge in [0.2, 0.25) is 0 Å². The third-order valence-electron chi connectivity index (χ3n) is 5.46. The standard InChI is InChI=1S/C24H22F3N5OS/c25-24(26,27)7-2-8-32-13-19(16-3-1-4-17(10-16)22(28)34)18-6-5-15(9-21(18)32)11-30-23(33)20-12-29-14-31-20/h1,3-6,9-10,12-14H,2,7-8,11H2,(H2,28,34)(H,29,31)(H,30,33). The predicted molar refractivity (Wildman–Crippen MR) is 128 cm³/mol. The number of aryl methyl sites for hydroxylation is 1. The Balaban J connectivity index is 1.66. The fourth-order valence-electron chi connectivity index (χ4n) is 3.81. The number of carbonyl (C=O) groups excluding carboxylic acids is 1. The Morgan fingerprint density at radius 1 is 1.21 bits per heavy atom. The molecule has 0 spiro atoms. The number of aromatic amines is 1. The number of alkyl halides is 3. The van der Waals surface area contributed by atoms with E-state index < -0.39 is 12.6 Å². The molecule has 4 aromatic rings. The van der Waals surface area contributed by atoms with Crippen LogP contribution >= 0.6 is 12.2 Å². The number of hydrogen-bond acceptors (Lipinski definition) is 3. The van der Waals surface area contributed by atoms with Crippen LogP contribution in [0.5, 0.6) is 0 Å². The highest BCUT2D eigenvalue weighted by Crippen LogP contribution is 2.33. The van der Waals surface area contributed by atoms with Crippen LogP contribution in [-0.4, -0.2) is 31.6 Å². The van der Waals surface area contributed by atoms with Gasteiger partial charge in [0, 0.05) is 47.7 Å². The summed E-state index contributed by atoms with van der Waals surface area (Å²) in [6.45, 7) is 0.461. The first-order valence-electron chi connectivity index (χ1n) is 10.6. The summed E-state index contributed by atoms with van der Waals surface area (Å²) < 4.78 is 40.0. The molecular weight excluding hydrogens is 463 g/mol. The monoisotopic (exact) mass is 485 g/mol. The lowest BCUT2D eigenvalue weighted by Crippen LogP contribution is -2.23. The molecule has 0 atom stereocenters. The van der Waals surface area contributed by atoms with Gasteiger partial charge < -0.3 is 20.6 Å². The van der Waals surface area contributed by atoms with Crippen LogP contribution < -0.4 is 11.1 Å². The largest absolute Gasteiger partial charge is 0.389 e. The van der Waals surface area contributed by atoms with E-state index in [1.54, 1.807) is 0 Å². The van der Waals surface area contributed by atoms with E-state index in [2.05, 4.69) is 15.3 Å². The van der Waals surface area contributed by atoms with Crippen molar-refractivity contribution in [3.05, 3.63) is 78.0 Å². The second kappa shape index (κ2) is 9.68. The molecule has 6 nitrogen and oxygen atoms in total. The number of halogens is 3. The molecule has 2 aromatic carbocycles. The molecule has 4 N–H and O–H groups in total. The van der Waals surface area contributed by atoms with Crippen molar-refractivity contribution in [2.75, 3.05) is 0 Å². The van der Waals surface area contributed by atoms with Crippen LogP contribution in [0.4, 0.5) is 13.2 Å². The van der Waals surface area contributed by atoms with Gasteiger partial charge in [-0.1, -0.05) is 42.5 Å². The number of hydrogen-bond donors (Lipinski definition) is 3. The number of aromatic nitrogens is 3. The molecule has 176 valence electrons. The lowest BCUT2D eigenvalue weighted by atomic mass is 10.0. The molecule has 0 aliphatic rings. The highest BCUT2D eigenvalue weighted by atomic mass is 32.1. The lowest BCUT2D eigenvalue weighted by Gasteiger charge is -2.09. The molecule has 0 aliphatic heterocycles. The van der Waals surface area contributed by atoms with Crippen molar-refractivity contribution in [2.45, 2.75) is 32.1 Å². The number of thiocarbonyl (C=S) groups is 1. The number of fused-ring (bicyclic) bond motifs is 1. The maximum absolute atomic E-state index is 12.7. The first-order valence-corrected chi connectivity index (χ1v) is 11.0. The van der Waals surface area contributed by atoms with Gasteiger partial charge in [-0.15, -0.1) is 0 Å². The summed E-state index contributed by atoms with van der Waals surface area (Å²) in [4.78, 5) is 19.0. The van der Waals surface area contributed by atoms with E-state index in [0.717, 1.165) is 27.6 Å². The molecule has 1 amide bonds. The number of rotatable bonds is 8. The zero-order valence-electron chi connectivity index (χ0n) is 18.0. The van der Waals surface area contributed by atoms with Crippen LogP contribution in [-0.2, 0) is 13.1 Å². The number of nitrogens with two attached hydrogens (primary N) is 1. The fourth-order valence-corrected chi connectivity index (χ4v) is 3.94. The molecule has 0 unspecified atom stereocenters. The van der Waals surface area contributed by atoms with Crippen molar-refractivity contribution in [3.63, 3.8) is 0 Å². The Morgan fingerprint density at radius 2 is 2.03 bits per heavy atom. The maximum Gasteiger partial charge on any atom is 0.389 e. The second-order valence-corrected chi connectivity index (χ2v) is 8.34. The average molecular weight is 486 g/mol. The normalized spacial score (nSPS) is 11.6. The van der Waals surface area contributed by atoms with Crippen LogP contribution in [0, 0.1) is 0 Å². The minimum Gasteiger partial charge on any atom is -0.389 e. The summed E-state index contributed by atoms with van der Waals surface area (Å²) >= 11 is 5.09. The van der Waals surface area contributed by atoms with Crippen molar-refractivity contribution in [2.24, 2.45) is 5.73 Å². The smallest absolute Gasteiger partial charge is 0.389 e. The summed E-state index contributed by atoms with van der Waals surface area (Å²) in [5, 5.41) is 3.70. The number of H-pyrrole nitrogens is 1. The van der Waals surface area contributed by atoms with Crippen LogP contribution in [0.15, 0.2) is 61.2 Å². The van der Waals surface area contributed by atoms with Crippen molar-refractivity contribution >= 4 is 34.0 Å². The van der Waals surface area contributed by atoms with Crippen molar-refractivity contribution in [1.82, 2.24) is 19.9 Å². The SMILES string of the molecule is NC(=S)c1cccc(-c2cn(CCCC(F)(F)F)c3cc(CNC(=O)c4cnc[nH]4)ccc23)c1. The van der Waals surface area contributed by atoms with Crippen molar-refractivity contribution in [3.8, 4) is 11.1 Å². The molecule has 34 heavy (non-hydrogen) atoms. The van der Waals surface area contributed by atoms with Gasteiger partial charge in [-0.3, -0.25) is 4.79 Å². The van der Waals surface area contributed by atoms with Crippen LogP contribution in [0.1, 0.15) is 34.5 Å². The van der Waals surface area contributed by atoms with E-state index in [1.807, 2.05) is 53.2 Å². The third kappa shape index (κ3) is 5.45. The van der Waals surface area contributed by atoms with Gasteiger partial charge in [-0.2, -0.15) is 13.2 Å². The Morgan fingerprint density at radius 3 is 2.74 bits per heavy atom. The Kier molecular flexibility index (Phi) is 6.69. The molecular formula is C24H22F3N5OS. The first kappa shape index (κ1) is 23.5. The fraction of sp³-hybridized carbons (Fsp3) is 0.208. The number of carbonyl (C=O) groups is 1. The van der Waals surface area contributed by atoms with Crippen LogP contribution in [0.25, 0.3) is 22.0 Å². The number of amides is 1. The van der Waals surface area contributed by atoms with E-state index in [0.29, 0.717) is 11.3 Å². The van der Waals surface area contributed by atoms with Gasteiger partial charge in [0.1, 0.15) is 10.7 Å². The maximum atomic E-state index is 12.7. The Labute approximate surface area is 199 Å². The summed E-state index contributed by atoms with van der Waals surface area (Å²) in [6, 6.07) is 13.1. The van der Waals surface area contributed by atoms with E-state index >= 15 is 0 Å². The Hall–Kier alpha value is -3.66. The van der Waals surface area contributed by atoms with Crippen LogP contribution in [0.3, 0.4) is 0 Å². The van der Waals surface area contributed by atoms with Gasteiger partial charge in [-0.05, 0) is 29.7 Å². The number of nitrogens with one attached hydrogen (secondary N) is 2. The summed E-state index contributed by atoms with van der Waals surface area (Å²) in [5.41, 5.74) is 10.2. The van der Waals surface area contributed by atoms with E-state index in [-0.39, 0.29) is 30.4 Å². The molecule has 2 aromatic heterocycles. The molecule has 0 fully saturated rings. The molecule has 0 saturated carbocycles. The Bertz CT molecular complexity index is 1330. The second-order valence-electron chi connectivity index (χ2n) is 7.90. The predicted octanol–water partition coefficient (Wildman–Crippen LogP) is 4.94. The van der Waals surface area contributed by atoms with Gasteiger partial charge in [0.25, 0.3) is 5.91 Å². The molecule has 4 rings (SSSR count). The topological polar surface area (TPSA) is 88.7 Å². The minimum absolute atomic E-state index is 0.0412. The molecule has 0 aliphatic carbocycles. The highest BCUT2D eigenvalue weighted by molar-refractivity contribution is 7.80. The third-order valence-corrected chi connectivity index (χ3v) is 5.70. The molecule has 0 radical (unpaired) electrons. The number of nitrogens with zero attached hydrogens (tertiary/aromatic N) is 2. The molecule has 2 heterocycles. The molecule has 10 heteroatoms.